The fourth-order valence-corrected chi connectivity index (χ4v) is 1.36. The number of hydrogen-bond acceptors (Lipinski definition) is 5. The molecule has 1 heterocycles. The number of hydrogen-bond donors (Lipinski definition) is 1. The van der Waals surface area contributed by atoms with Crippen LogP contribution in [-0.4, -0.2) is 10.2 Å². The molecule has 0 amide bonds. The van der Waals surface area contributed by atoms with Crippen LogP contribution < -0.4 is 5.73 Å². The van der Waals surface area contributed by atoms with Gasteiger partial charge in [0.05, 0.1) is 17.7 Å². The predicted molar refractivity (Wildman–Crippen MR) is 61.7 cm³/mol. The van der Waals surface area contributed by atoms with Gasteiger partial charge in [-0.15, -0.1) is 10.2 Å². The summed E-state index contributed by atoms with van der Waals surface area (Å²) in [7, 11) is 0. The Morgan fingerprint density at radius 2 is 2.06 bits per heavy atom. The predicted octanol–water partition coefficient (Wildman–Crippen LogP) is 2.02. The first kappa shape index (κ1) is 11.3. The second kappa shape index (κ2) is 4.76. The zero-order valence-electron chi connectivity index (χ0n) is 9.42. The molecule has 2 rings (SSSR count). The van der Waals surface area contributed by atoms with Gasteiger partial charge in [-0.25, -0.2) is 0 Å². The summed E-state index contributed by atoms with van der Waals surface area (Å²) in [6.07, 6.45) is 0.745. The topological polar surface area (TPSA) is 88.7 Å². The minimum Gasteiger partial charge on any atom is -0.419 e. The molecule has 5 nitrogen and oxygen atoms in total. The molecule has 17 heavy (non-hydrogen) atoms. The van der Waals surface area contributed by atoms with E-state index in [9.17, 15) is 0 Å². The molecular weight excluding hydrogens is 216 g/mol. The highest BCUT2D eigenvalue weighted by molar-refractivity contribution is 5.54. The van der Waals surface area contributed by atoms with E-state index in [2.05, 4.69) is 16.3 Å². The van der Waals surface area contributed by atoms with Crippen LogP contribution in [0.4, 0.5) is 0 Å². The van der Waals surface area contributed by atoms with Crippen molar-refractivity contribution in [3.05, 3.63) is 35.7 Å². The molecule has 0 fully saturated rings. The van der Waals surface area contributed by atoms with Gasteiger partial charge in [0.2, 0.25) is 11.8 Å². The van der Waals surface area contributed by atoms with Gasteiger partial charge in [0.1, 0.15) is 0 Å². The average molecular weight is 228 g/mol. The molecule has 0 aliphatic heterocycles. The molecule has 0 saturated carbocycles. The monoisotopic (exact) mass is 228 g/mol. The van der Waals surface area contributed by atoms with Crippen LogP contribution in [0.5, 0.6) is 0 Å². The summed E-state index contributed by atoms with van der Waals surface area (Å²) >= 11 is 0. The zero-order chi connectivity index (χ0) is 12.3. The van der Waals surface area contributed by atoms with E-state index in [0.717, 1.165) is 12.0 Å². The van der Waals surface area contributed by atoms with Crippen molar-refractivity contribution < 1.29 is 4.42 Å². The molecule has 0 aliphatic rings. The molecule has 5 heteroatoms. The van der Waals surface area contributed by atoms with Crippen LogP contribution >= 0.6 is 0 Å². The molecule has 1 aromatic carbocycles. The maximum atomic E-state index is 8.69. The summed E-state index contributed by atoms with van der Waals surface area (Å²) in [6.45, 7) is 1.95. The van der Waals surface area contributed by atoms with Crippen molar-refractivity contribution in [3.63, 3.8) is 0 Å². The van der Waals surface area contributed by atoms with E-state index in [1.54, 1.807) is 24.3 Å². The zero-order valence-corrected chi connectivity index (χ0v) is 9.42. The van der Waals surface area contributed by atoms with Crippen LogP contribution in [-0.2, 0) is 0 Å². The van der Waals surface area contributed by atoms with E-state index >= 15 is 0 Å². The Labute approximate surface area is 98.9 Å². The van der Waals surface area contributed by atoms with Crippen LogP contribution in [0, 0.1) is 11.3 Å². The molecule has 1 unspecified atom stereocenters. The van der Waals surface area contributed by atoms with Gasteiger partial charge in [-0.1, -0.05) is 6.92 Å². The van der Waals surface area contributed by atoms with Crippen molar-refractivity contribution >= 4 is 0 Å². The fourth-order valence-electron chi connectivity index (χ4n) is 1.36. The summed E-state index contributed by atoms with van der Waals surface area (Å²) in [4.78, 5) is 0. The van der Waals surface area contributed by atoms with Crippen LogP contribution in [0.1, 0.15) is 30.8 Å². The van der Waals surface area contributed by atoms with E-state index in [1.807, 2.05) is 6.92 Å². The Bertz CT molecular complexity index is 538. The maximum Gasteiger partial charge on any atom is 0.247 e. The van der Waals surface area contributed by atoms with Crippen LogP contribution in [0.3, 0.4) is 0 Å². The van der Waals surface area contributed by atoms with E-state index in [0.29, 0.717) is 17.3 Å². The van der Waals surface area contributed by atoms with Crippen LogP contribution in [0.15, 0.2) is 28.7 Å². The first-order valence-electron chi connectivity index (χ1n) is 5.34. The van der Waals surface area contributed by atoms with Gasteiger partial charge in [0, 0.05) is 5.56 Å². The lowest BCUT2D eigenvalue weighted by molar-refractivity contribution is 0.452. The molecular formula is C12H12N4O. The third kappa shape index (κ3) is 2.32. The lowest BCUT2D eigenvalue weighted by atomic mass is 10.1. The van der Waals surface area contributed by atoms with Gasteiger partial charge >= 0.3 is 0 Å². The minimum absolute atomic E-state index is 0.227. The Hall–Kier alpha value is -2.19. The first-order valence-corrected chi connectivity index (χ1v) is 5.34. The molecule has 0 bridgehead atoms. The maximum absolute atomic E-state index is 8.69. The SMILES string of the molecule is CCC(N)c1nnc(-c2ccc(C#N)cc2)o1. The molecule has 86 valence electrons. The molecule has 0 saturated heterocycles. The number of aromatic nitrogens is 2. The van der Waals surface area contributed by atoms with Crippen molar-refractivity contribution in [2.24, 2.45) is 5.73 Å². The highest BCUT2D eigenvalue weighted by atomic mass is 16.4. The quantitative estimate of drug-likeness (QED) is 0.868. The summed E-state index contributed by atoms with van der Waals surface area (Å²) in [5, 5.41) is 16.5. The van der Waals surface area contributed by atoms with Crippen molar-refractivity contribution in [2.75, 3.05) is 0 Å². The van der Waals surface area contributed by atoms with Crippen LogP contribution in [0.25, 0.3) is 11.5 Å². The average Bonchev–Trinajstić information content (AvgIpc) is 2.87. The molecule has 2 N–H and O–H groups in total. The molecule has 0 aliphatic carbocycles. The van der Waals surface area contributed by atoms with Gasteiger partial charge in [-0.05, 0) is 30.7 Å². The highest BCUT2D eigenvalue weighted by Gasteiger charge is 2.13. The van der Waals surface area contributed by atoms with Gasteiger partial charge in [0.15, 0.2) is 0 Å². The van der Waals surface area contributed by atoms with Crippen LogP contribution in [0.2, 0.25) is 0 Å². The molecule has 0 radical (unpaired) electrons. The van der Waals surface area contributed by atoms with Crippen molar-refractivity contribution in [3.8, 4) is 17.5 Å². The van der Waals surface area contributed by atoms with Gasteiger partial charge in [-0.2, -0.15) is 5.26 Å². The summed E-state index contributed by atoms with van der Waals surface area (Å²) in [5.41, 5.74) is 7.17. The minimum atomic E-state index is -0.227. The van der Waals surface area contributed by atoms with E-state index in [1.165, 1.54) is 0 Å². The Morgan fingerprint density at radius 3 is 2.65 bits per heavy atom. The molecule has 1 aromatic heterocycles. The summed E-state index contributed by atoms with van der Waals surface area (Å²) < 4.78 is 5.47. The number of benzene rings is 1. The largest absolute Gasteiger partial charge is 0.419 e. The van der Waals surface area contributed by atoms with Crippen molar-refractivity contribution in [1.29, 1.82) is 5.26 Å². The third-order valence-corrected chi connectivity index (χ3v) is 2.46. The fraction of sp³-hybridized carbons (Fsp3) is 0.250. The number of nitriles is 1. The lowest BCUT2D eigenvalue weighted by Crippen LogP contribution is -2.08. The van der Waals surface area contributed by atoms with E-state index < -0.39 is 0 Å². The van der Waals surface area contributed by atoms with Gasteiger partial charge in [0.25, 0.3) is 0 Å². The standard InChI is InChI=1S/C12H12N4O/c1-2-10(14)12-16-15-11(17-12)9-5-3-8(7-13)4-6-9/h3-6,10H,2,14H2,1H3. The van der Waals surface area contributed by atoms with E-state index in [4.69, 9.17) is 15.4 Å². The molecule has 2 aromatic rings. The van der Waals surface area contributed by atoms with Gasteiger partial charge < -0.3 is 10.2 Å². The highest BCUT2D eigenvalue weighted by Crippen LogP contribution is 2.21. The van der Waals surface area contributed by atoms with Crippen molar-refractivity contribution in [1.82, 2.24) is 10.2 Å². The van der Waals surface area contributed by atoms with Gasteiger partial charge in [-0.3, -0.25) is 0 Å². The Morgan fingerprint density at radius 1 is 1.35 bits per heavy atom. The third-order valence-electron chi connectivity index (χ3n) is 2.46. The second-order valence-corrected chi connectivity index (χ2v) is 3.65. The number of rotatable bonds is 3. The smallest absolute Gasteiger partial charge is 0.247 e. The number of nitrogens with two attached hydrogens (primary N) is 1. The van der Waals surface area contributed by atoms with E-state index in [-0.39, 0.29) is 6.04 Å². The first-order chi connectivity index (χ1) is 8.24. The second-order valence-electron chi connectivity index (χ2n) is 3.65. The molecule has 0 spiro atoms. The van der Waals surface area contributed by atoms with Crippen molar-refractivity contribution in [2.45, 2.75) is 19.4 Å². The summed E-state index contributed by atoms with van der Waals surface area (Å²) in [5.74, 6) is 0.861. The molecule has 1 atom stereocenters. The normalized spacial score (nSPS) is 12.1. The summed E-state index contributed by atoms with van der Waals surface area (Å²) in [6, 6.07) is 8.78. The number of nitrogens with zero attached hydrogens (tertiary/aromatic N) is 3. The Balaban J connectivity index is 2.28. The Kier molecular flexibility index (Phi) is 3.17. The lowest BCUT2D eigenvalue weighted by Gasteiger charge is -2.00.